The Morgan fingerprint density at radius 2 is 0.984 bits per heavy atom. The minimum absolute atomic E-state index is 0. The summed E-state index contributed by atoms with van der Waals surface area (Å²) in [5, 5.41) is 55.6. The molecule has 43 heteroatoms. The summed E-state index contributed by atoms with van der Waals surface area (Å²) in [4.78, 5) is 12.3. The molecule has 0 amide bonds. The van der Waals surface area contributed by atoms with Crippen LogP contribution in [-0.2, 0) is 97.6 Å². The zero-order valence-electron chi connectivity index (χ0n) is 34.6. The maximum absolute atomic E-state index is 12.3. The van der Waals surface area contributed by atoms with Gasteiger partial charge in [0.05, 0.1) is 25.3 Å². The fraction of sp³-hybridized carbons (Fsp3) is 0.952. The zero-order chi connectivity index (χ0) is 44.5. The second-order valence-electron chi connectivity index (χ2n) is 12.2. The molecule has 0 bridgehead atoms. The van der Waals surface area contributed by atoms with E-state index < -0.39 is 169 Å². The van der Waals surface area contributed by atoms with Gasteiger partial charge in [-0.15, -0.1) is 0 Å². The molecule has 0 aromatic carbocycles. The molecule has 3 aliphatic heterocycles. The van der Waals surface area contributed by atoms with E-state index in [1.54, 1.807) is 0 Å². The SMILES string of the molecule is CC(C)O[C@H]1O[C@H](COS(=O)(=O)[O-])[C@@H](O[C@@H]2O[C@H](C(=O)[O-])[C@@H](O[C@H]3O[C@H](COS(=O)(=O)[O-])[C@@H](O)[C@H](O)[C@H]3NS(=O)(=O)[O-])[C@H](O)[C@H]2OS(=O)(=O)[O-])[C@H](O)[C@H]1NS(=O)(=O)[O-].[Na+].[Na+].[Na+].[Na+].[Na+].[Na+]. The van der Waals surface area contributed by atoms with Gasteiger partial charge in [0.25, 0.3) is 0 Å². The number of aliphatic hydroxyl groups excluding tert-OH is 4. The largest absolute Gasteiger partial charge is 1.00 e. The van der Waals surface area contributed by atoms with Gasteiger partial charge in [0.2, 0.25) is 31.2 Å². The van der Waals surface area contributed by atoms with Crippen LogP contribution < -0.4 is 192 Å². The molecule has 32 nitrogen and oxygen atoms in total. The van der Waals surface area contributed by atoms with Crippen LogP contribution in [0.1, 0.15) is 13.8 Å². The van der Waals surface area contributed by atoms with Gasteiger partial charge in [-0.3, -0.25) is 12.5 Å². The number of carboxylic acids is 1. The second-order valence-corrected chi connectivity index (χ2v) is 17.6. The molecule has 0 aromatic rings. The molecular formula is C21H32N2Na6O30S5. The molecule has 3 fully saturated rings. The maximum Gasteiger partial charge on any atom is 1.00 e. The molecule has 3 heterocycles. The first-order valence-corrected chi connectivity index (χ1v) is 22.1. The summed E-state index contributed by atoms with van der Waals surface area (Å²) >= 11 is 0. The predicted octanol–water partition coefficient (Wildman–Crippen LogP) is -28.8. The van der Waals surface area contributed by atoms with E-state index >= 15 is 0 Å². The maximum atomic E-state index is 12.3. The molecule has 3 aliphatic rings. The molecule has 0 aliphatic carbocycles. The van der Waals surface area contributed by atoms with E-state index in [9.17, 15) is 95.2 Å². The Bertz CT molecular complexity index is 2010. The van der Waals surface area contributed by atoms with Gasteiger partial charge in [0.15, 0.2) is 45.6 Å². The molecule has 3 saturated heterocycles. The number of aliphatic carboxylic acids is 1. The number of aliphatic hydroxyl groups is 4. The number of carbonyl (C=O) groups is 1. The van der Waals surface area contributed by atoms with Gasteiger partial charge in [0.1, 0.15) is 67.0 Å². The molecule has 0 spiro atoms. The van der Waals surface area contributed by atoms with Crippen LogP contribution in [0, 0.1) is 0 Å². The summed E-state index contributed by atoms with van der Waals surface area (Å²) in [6.45, 7) is -0.386. The summed E-state index contributed by atoms with van der Waals surface area (Å²) in [7, 11) is -28.7. The summed E-state index contributed by atoms with van der Waals surface area (Å²) < 4.78 is 218. The van der Waals surface area contributed by atoms with Crippen LogP contribution >= 0.6 is 0 Å². The van der Waals surface area contributed by atoms with Crippen LogP contribution in [0.15, 0.2) is 0 Å². The summed E-state index contributed by atoms with van der Waals surface area (Å²) in [6, 6.07) is -4.85. The molecule has 0 unspecified atom stereocenters. The van der Waals surface area contributed by atoms with Crippen molar-refractivity contribution in [3.8, 4) is 0 Å². The van der Waals surface area contributed by atoms with E-state index in [0.717, 1.165) is 4.72 Å². The monoisotopic (exact) mass is 1090 g/mol. The van der Waals surface area contributed by atoms with Gasteiger partial charge in [-0.1, -0.05) is 0 Å². The van der Waals surface area contributed by atoms with Gasteiger partial charge in [-0.25, -0.2) is 51.5 Å². The van der Waals surface area contributed by atoms with Crippen molar-refractivity contribution in [3.05, 3.63) is 0 Å². The topological polar surface area (TPSA) is 514 Å². The fourth-order valence-electron chi connectivity index (χ4n) is 5.50. The van der Waals surface area contributed by atoms with Crippen LogP contribution in [0.5, 0.6) is 0 Å². The molecule has 0 radical (unpaired) electrons. The number of carboxylic acid groups (broad SMARTS) is 1. The Hall–Kier alpha value is 4.42. The van der Waals surface area contributed by atoms with Gasteiger partial charge < -0.3 is 81.5 Å². The quantitative estimate of drug-likeness (QED) is 0.0397. The van der Waals surface area contributed by atoms with E-state index in [1.165, 1.54) is 18.6 Å². The number of hydrogen-bond donors (Lipinski definition) is 6. The smallest absolute Gasteiger partial charge is 0.735 e. The van der Waals surface area contributed by atoms with Crippen molar-refractivity contribution < 1.29 is 313 Å². The standard InChI is InChI=1S/C21H38N2O30S5.6Na/c1-5(2)47-19-9(23-55(33,34)35)12(26)14(7(49-19)4-46-57(39,40)41)50-21-16(53-58(42,43)44)13(27)15(17(52-21)18(28)29)51-20-8(22-54(30,31)32)11(25)10(24)6(48-20)3-45-56(36,37)38;;;;;;/h5-17,19-27H,3-4H2,1-2H3,(H,28,29)(H,30,31,32)(H,33,34,35)(H,36,37,38)(H,39,40,41)(H,42,43,44);;;;;;/q;6*+1/p-6/t6-,7-,8-,9-,10-,11-,12-,13+,14-,15+,16-,17+,19+,20-,21-;;;;;;/m1....../s1. The fourth-order valence-corrected chi connectivity index (χ4v) is 7.75. The van der Waals surface area contributed by atoms with Crippen molar-refractivity contribution in [2.75, 3.05) is 13.2 Å². The van der Waals surface area contributed by atoms with Gasteiger partial charge >= 0.3 is 177 Å². The summed E-state index contributed by atoms with van der Waals surface area (Å²) in [5.41, 5.74) is 0. The Morgan fingerprint density at radius 3 is 1.39 bits per heavy atom. The normalized spacial score (nSPS) is 33.7. The van der Waals surface area contributed by atoms with Crippen LogP contribution in [-0.4, -0.2) is 203 Å². The average Bonchev–Trinajstić information content (AvgIpc) is 3.02. The third-order valence-corrected chi connectivity index (χ3v) is 10.1. The van der Waals surface area contributed by atoms with Crippen molar-refractivity contribution in [1.29, 1.82) is 0 Å². The van der Waals surface area contributed by atoms with Gasteiger partial charge in [-0.05, 0) is 13.8 Å². The minimum Gasteiger partial charge on any atom is -0.735 e. The van der Waals surface area contributed by atoms with Gasteiger partial charge in [0, 0.05) is 0 Å². The van der Waals surface area contributed by atoms with Crippen molar-refractivity contribution >= 4 is 57.8 Å². The number of carbonyl (C=O) groups excluding carboxylic acids is 1. The summed E-state index contributed by atoms with van der Waals surface area (Å²) in [5.74, 6) is -2.52. The molecule has 0 saturated carbocycles. The third-order valence-electron chi connectivity index (χ3n) is 7.66. The van der Waals surface area contributed by atoms with Crippen molar-refractivity contribution in [2.45, 2.75) is 112 Å². The van der Waals surface area contributed by atoms with Crippen molar-refractivity contribution in [1.82, 2.24) is 9.44 Å². The van der Waals surface area contributed by atoms with E-state index in [4.69, 9.17) is 28.4 Å². The second kappa shape index (κ2) is 30.7. The van der Waals surface area contributed by atoms with Gasteiger partial charge in [-0.2, -0.15) is 0 Å². The molecular weight excluding hydrogens is 1060 g/mol. The Morgan fingerprint density at radius 1 is 0.562 bits per heavy atom. The first kappa shape index (κ1) is 74.9. The van der Waals surface area contributed by atoms with Crippen molar-refractivity contribution in [3.63, 3.8) is 0 Å². The van der Waals surface area contributed by atoms with Crippen LogP contribution in [0.4, 0.5) is 0 Å². The molecule has 64 heavy (non-hydrogen) atoms. The predicted molar refractivity (Wildman–Crippen MR) is 160 cm³/mol. The number of nitrogens with one attached hydrogen (secondary N) is 2. The van der Waals surface area contributed by atoms with Crippen LogP contribution in [0.3, 0.4) is 0 Å². The van der Waals surface area contributed by atoms with E-state index in [-0.39, 0.29) is 177 Å². The molecule has 342 valence electrons. The van der Waals surface area contributed by atoms with Crippen LogP contribution in [0.2, 0.25) is 0 Å². The number of ether oxygens (including phenoxy) is 6. The Balaban J connectivity index is -0.00000300. The molecule has 6 N–H and O–H groups in total. The van der Waals surface area contributed by atoms with Crippen molar-refractivity contribution in [2.24, 2.45) is 0 Å². The first-order valence-electron chi connectivity index (χ1n) is 15.3. The average molecular weight is 1090 g/mol. The van der Waals surface area contributed by atoms with Crippen LogP contribution in [0.25, 0.3) is 0 Å². The molecule has 15 atom stereocenters. The molecule has 3 rings (SSSR count). The third kappa shape index (κ3) is 24.6. The zero-order valence-corrected chi connectivity index (χ0v) is 50.7. The van der Waals surface area contributed by atoms with E-state index in [0.29, 0.717) is 0 Å². The number of hydrogen-bond acceptors (Lipinski definition) is 30. The van der Waals surface area contributed by atoms with E-state index in [1.807, 2.05) is 0 Å². The minimum atomic E-state index is -6.14. The number of rotatable bonds is 19. The Kier molecular flexibility index (Phi) is 36.0. The molecule has 0 aromatic heterocycles. The summed E-state index contributed by atoms with van der Waals surface area (Å²) in [6.07, 6.45) is -35.1. The van der Waals surface area contributed by atoms with E-state index in [2.05, 4.69) is 12.5 Å². The first-order chi connectivity index (χ1) is 26.2. The Labute approximate surface area is 498 Å².